The summed E-state index contributed by atoms with van der Waals surface area (Å²) in [5.74, 6) is -5.26. The van der Waals surface area contributed by atoms with Crippen LogP contribution in [0.3, 0.4) is 0 Å². The maximum absolute atomic E-state index is 15.4. The van der Waals surface area contributed by atoms with Gasteiger partial charge in [0.1, 0.15) is 11.9 Å². The molecule has 2 aromatic heterocycles. The number of ether oxygens (including phenoxy) is 3. The van der Waals surface area contributed by atoms with Crippen molar-refractivity contribution < 1.29 is 37.7 Å². The Balaban J connectivity index is 1.75. The van der Waals surface area contributed by atoms with Crippen LogP contribution < -0.4 is 11.0 Å². The van der Waals surface area contributed by atoms with Crippen LogP contribution in [0.1, 0.15) is 44.4 Å². The fourth-order valence-electron chi connectivity index (χ4n) is 3.64. The summed E-state index contributed by atoms with van der Waals surface area (Å²) in [6.07, 6.45) is -0.633. The van der Waals surface area contributed by atoms with Gasteiger partial charge in [0, 0.05) is 25.0 Å². The SMILES string of the molecule is CCCCCOC(=O)Nc1ccnc(=O)n1[C@@H]1O[C@H](CO)[C@@H](OC(=O)CCc2cccnc2)C1(F)F. The summed E-state index contributed by atoms with van der Waals surface area (Å²) >= 11 is 0. The predicted molar refractivity (Wildman–Crippen MR) is 121 cm³/mol. The average molecular weight is 510 g/mol. The topological polar surface area (TPSA) is 142 Å². The zero-order valence-corrected chi connectivity index (χ0v) is 19.6. The number of carbonyl (C=O) groups is 2. The summed E-state index contributed by atoms with van der Waals surface area (Å²) in [6.45, 7) is 1.17. The summed E-state index contributed by atoms with van der Waals surface area (Å²) in [5, 5.41) is 11.9. The standard InChI is InChI=1S/C23H28F2N4O7/c1-2-3-4-12-34-22(33)28-17-9-11-27-21(32)29(17)20-23(24,25)19(16(14-30)35-20)36-18(31)8-7-15-6-5-10-26-13-15/h5-6,9-11,13,16,19-20,30H,2-4,7-8,12,14H2,1H3,(H,28,33)/t16-,19-,20-/m1/s1. The highest BCUT2D eigenvalue weighted by atomic mass is 19.3. The molecule has 1 fully saturated rings. The number of alkyl halides is 2. The van der Waals surface area contributed by atoms with E-state index in [1.54, 1.807) is 18.3 Å². The third kappa shape index (κ3) is 6.61. The molecule has 1 amide bonds. The number of aliphatic hydroxyl groups excluding tert-OH is 1. The molecule has 1 aliphatic rings. The van der Waals surface area contributed by atoms with Crippen LogP contribution in [-0.4, -0.2) is 63.0 Å². The molecule has 196 valence electrons. The van der Waals surface area contributed by atoms with Crippen molar-refractivity contribution >= 4 is 17.9 Å². The van der Waals surface area contributed by atoms with Crippen molar-refractivity contribution in [1.82, 2.24) is 14.5 Å². The number of amides is 1. The Labute approximate surface area is 205 Å². The van der Waals surface area contributed by atoms with Gasteiger partial charge < -0.3 is 19.3 Å². The smallest absolute Gasteiger partial charge is 0.412 e. The highest BCUT2D eigenvalue weighted by Crippen LogP contribution is 2.44. The monoisotopic (exact) mass is 510 g/mol. The summed E-state index contributed by atoms with van der Waals surface area (Å²) < 4.78 is 46.6. The van der Waals surface area contributed by atoms with Crippen molar-refractivity contribution in [3.8, 4) is 0 Å². The number of aryl methyl sites for hydroxylation is 1. The second kappa shape index (κ2) is 12.5. The van der Waals surface area contributed by atoms with E-state index in [0.717, 1.165) is 25.1 Å². The first-order valence-electron chi connectivity index (χ1n) is 11.5. The van der Waals surface area contributed by atoms with E-state index in [-0.39, 0.29) is 25.3 Å². The number of pyridine rings is 1. The molecule has 13 heteroatoms. The fourth-order valence-corrected chi connectivity index (χ4v) is 3.64. The number of esters is 1. The van der Waals surface area contributed by atoms with E-state index in [4.69, 9.17) is 14.2 Å². The summed E-state index contributed by atoms with van der Waals surface area (Å²) in [4.78, 5) is 44.3. The normalized spacial score (nSPS) is 20.6. The summed E-state index contributed by atoms with van der Waals surface area (Å²) in [5.41, 5.74) is -0.441. The lowest BCUT2D eigenvalue weighted by molar-refractivity contribution is -0.176. The molecule has 0 saturated carbocycles. The molecule has 0 radical (unpaired) electrons. The molecule has 0 aromatic carbocycles. The fraction of sp³-hybridized carbons (Fsp3) is 0.522. The minimum atomic E-state index is -3.95. The van der Waals surface area contributed by atoms with Gasteiger partial charge in [-0.3, -0.25) is 15.1 Å². The van der Waals surface area contributed by atoms with E-state index in [1.165, 1.54) is 6.20 Å². The molecular formula is C23H28F2N4O7. The van der Waals surface area contributed by atoms with Crippen LogP contribution in [-0.2, 0) is 25.4 Å². The average Bonchev–Trinajstić information content (AvgIpc) is 3.10. The van der Waals surface area contributed by atoms with Gasteiger partial charge >= 0.3 is 23.7 Å². The third-order valence-corrected chi connectivity index (χ3v) is 5.46. The molecule has 0 bridgehead atoms. The number of anilines is 1. The van der Waals surface area contributed by atoms with Crippen molar-refractivity contribution in [3.05, 3.63) is 52.8 Å². The second-order valence-electron chi connectivity index (χ2n) is 8.11. The van der Waals surface area contributed by atoms with Crippen LogP contribution in [0.4, 0.5) is 19.4 Å². The maximum Gasteiger partial charge on any atom is 0.412 e. The van der Waals surface area contributed by atoms with Crippen molar-refractivity contribution in [2.24, 2.45) is 0 Å². The Morgan fingerprint density at radius 2 is 2.08 bits per heavy atom. The lowest BCUT2D eigenvalue weighted by atomic mass is 10.1. The molecule has 36 heavy (non-hydrogen) atoms. The maximum atomic E-state index is 15.4. The molecular weight excluding hydrogens is 482 g/mol. The van der Waals surface area contributed by atoms with E-state index < -0.39 is 48.7 Å². The first kappa shape index (κ1) is 27.1. The molecule has 2 N–H and O–H groups in total. The van der Waals surface area contributed by atoms with E-state index in [2.05, 4.69) is 15.3 Å². The van der Waals surface area contributed by atoms with Gasteiger partial charge in [0.2, 0.25) is 6.23 Å². The molecule has 1 saturated heterocycles. The van der Waals surface area contributed by atoms with Gasteiger partial charge in [-0.15, -0.1) is 0 Å². The quantitative estimate of drug-likeness (QED) is 0.344. The first-order valence-corrected chi connectivity index (χ1v) is 11.5. The van der Waals surface area contributed by atoms with E-state index in [1.807, 2.05) is 6.92 Å². The second-order valence-corrected chi connectivity index (χ2v) is 8.11. The number of hydrogen-bond acceptors (Lipinski definition) is 9. The Morgan fingerprint density at radius 3 is 2.78 bits per heavy atom. The summed E-state index contributed by atoms with van der Waals surface area (Å²) in [7, 11) is 0. The highest BCUT2D eigenvalue weighted by Gasteiger charge is 2.62. The Kier molecular flexibility index (Phi) is 9.42. The van der Waals surface area contributed by atoms with E-state index in [9.17, 15) is 19.5 Å². The number of aromatic nitrogens is 3. The molecule has 3 heterocycles. The molecule has 0 unspecified atom stereocenters. The number of hydrogen-bond donors (Lipinski definition) is 2. The molecule has 3 atom stereocenters. The Hall–Kier alpha value is -3.45. The molecule has 3 rings (SSSR count). The van der Waals surface area contributed by atoms with Gasteiger partial charge in [-0.2, -0.15) is 8.78 Å². The van der Waals surface area contributed by atoms with E-state index >= 15 is 8.78 Å². The molecule has 2 aromatic rings. The van der Waals surface area contributed by atoms with E-state index in [0.29, 0.717) is 16.6 Å². The number of unbranched alkanes of at least 4 members (excludes halogenated alkanes) is 2. The van der Waals surface area contributed by atoms with Gasteiger partial charge in [-0.05, 0) is 30.5 Å². The van der Waals surface area contributed by atoms with Gasteiger partial charge in [-0.25, -0.2) is 19.1 Å². The Bertz CT molecular complexity index is 1080. The van der Waals surface area contributed by atoms with Crippen LogP contribution in [0, 0.1) is 0 Å². The van der Waals surface area contributed by atoms with Crippen LogP contribution in [0.2, 0.25) is 0 Å². The number of aliphatic hydroxyl groups is 1. The molecule has 0 spiro atoms. The van der Waals surface area contributed by atoms with Crippen LogP contribution in [0.25, 0.3) is 0 Å². The number of nitrogens with one attached hydrogen (secondary N) is 1. The van der Waals surface area contributed by atoms with Crippen LogP contribution in [0.5, 0.6) is 0 Å². The van der Waals surface area contributed by atoms with Crippen molar-refractivity contribution in [2.75, 3.05) is 18.5 Å². The number of carbonyl (C=O) groups excluding carboxylic acids is 2. The highest BCUT2D eigenvalue weighted by molar-refractivity contribution is 5.83. The van der Waals surface area contributed by atoms with Crippen LogP contribution in [0.15, 0.2) is 41.6 Å². The third-order valence-electron chi connectivity index (χ3n) is 5.46. The van der Waals surface area contributed by atoms with Gasteiger partial charge in [0.15, 0.2) is 6.10 Å². The lowest BCUT2D eigenvalue weighted by Gasteiger charge is -2.25. The van der Waals surface area contributed by atoms with Crippen LogP contribution >= 0.6 is 0 Å². The molecule has 1 aliphatic heterocycles. The Morgan fingerprint density at radius 1 is 1.28 bits per heavy atom. The lowest BCUT2D eigenvalue weighted by Crippen LogP contribution is -2.45. The first-order chi connectivity index (χ1) is 17.3. The largest absolute Gasteiger partial charge is 0.453 e. The number of rotatable bonds is 11. The molecule has 11 nitrogen and oxygen atoms in total. The minimum absolute atomic E-state index is 0.106. The van der Waals surface area contributed by atoms with Gasteiger partial charge in [0.25, 0.3) is 0 Å². The number of halogens is 2. The summed E-state index contributed by atoms with van der Waals surface area (Å²) in [6, 6.07) is 4.51. The zero-order valence-electron chi connectivity index (χ0n) is 19.6. The van der Waals surface area contributed by atoms with Gasteiger partial charge in [0.05, 0.1) is 13.2 Å². The molecule has 0 aliphatic carbocycles. The van der Waals surface area contributed by atoms with Crippen molar-refractivity contribution in [3.63, 3.8) is 0 Å². The van der Waals surface area contributed by atoms with Crippen molar-refractivity contribution in [1.29, 1.82) is 0 Å². The predicted octanol–water partition coefficient (Wildman–Crippen LogP) is 2.45. The zero-order chi connectivity index (χ0) is 26.1. The number of nitrogens with zero attached hydrogens (tertiary/aromatic N) is 3. The van der Waals surface area contributed by atoms with Crippen molar-refractivity contribution in [2.45, 2.75) is 63.4 Å². The minimum Gasteiger partial charge on any atom is -0.453 e. The van der Waals surface area contributed by atoms with Gasteiger partial charge in [-0.1, -0.05) is 25.8 Å².